The summed E-state index contributed by atoms with van der Waals surface area (Å²) in [6, 6.07) is 19.6. The second-order valence-electron chi connectivity index (χ2n) is 6.52. The van der Waals surface area contributed by atoms with Crippen molar-refractivity contribution in [3.63, 3.8) is 0 Å². The standard InChI is InChI=1S/C22H19N3O2/c1-15-7-5-6-10-17(15)18-11-13-23-20-19(18)21(26)24-22(27)25(20)14-12-16-8-3-2-4-9-16/h2-11,13H,12,14H2,1H3,(H,24,26,27). The van der Waals surface area contributed by atoms with E-state index in [1.165, 1.54) is 0 Å². The number of rotatable bonds is 4. The Morgan fingerprint density at radius 2 is 1.67 bits per heavy atom. The van der Waals surface area contributed by atoms with Crippen LogP contribution >= 0.6 is 0 Å². The van der Waals surface area contributed by atoms with Gasteiger partial charge in [-0.15, -0.1) is 0 Å². The number of benzene rings is 2. The average Bonchev–Trinajstić information content (AvgIpc) is 2.68. The summed E-state index contributed by atoms with van der Waals surface area (Å²) in [5, 5.41) is 0.444. The Morgan fingerprint density at radius 1 is 0.926 bits per heavy atom. The van der Waals surface area contributed by atoms with E-state index in [9.17, 15) is 9.59 Å². The van der Waals surface area contributed by atoms with Gasteiger partial charge < -0.3 is 0 Å². The van der Waals surface area contributed by atoms with Crippen LogP contribution in [0.15, 0.2) is 76.4 Å². The first-order valence-electron chi connectivity index (χ1n) is 8.87. The first-order chi connectivity index (χ1) is 13.1. The maximum absolute atomic E-state index is 12.6. The van der Waals surface area contributed by atoms with Crippen molar-refractivity contribution in [3.8, 4) is 11.1 Å². The largest absolute Gasteiger partial charge is 0.330 e. The molecule has 0 fully saturated rings. The van der Waals surface area contributed by atoms with Gasteiger partial charge in [-0.25, -0.2) is 9.78 Å². The maximum Gasteiger partial charge on any atom is 0.330 e. The molecule has 134 valence electrons. The second-order valence-corrected chi connectivity index (χ2v) is 6.52. The fraction of sp³-hybridized carbons (Fsp3) is 0.136. The molecule has 2 aromatic heterocycles. The van der Waals surface area contributed by atoms with Gasteiger partial charge in [-0.1, -0.05) is 54.6 Å². The predicted octanol–water partition coefficient (Wildman–Crippen LogP) is 3.30. The van der Waals surface area contributed by atoms with Crippen LogP contribution in [0, 0.1) is 6.92 Å². The number of H-pyrrole nitrogens is 1. The lowest BCUT2D eigenvalue weighted by Gasteiger charge is -2.12. The third kappa shape index (κ3) is 3.19. The average molecular weight is 357 g/mol. The Morgan fingerprint density at radius 3 is 2.44 bits per heavy atom. The molecule has 4 rings (SSSR count). The first kappa shape index (κ1) is 17.0. The van der Waals surface area contributed by atoms with E-state index in [-0.39, 0.29) is 0 Å². The minimum absolute atomic E-state index is 0.405. The van der Waals surface area contributed by atoms with E-state index in [1.807, 2.05) is 67.6 Å². The van der Waals surface area contributed by atoms with E-state index < -0.39 is 11.2 Å². The molecule has 0 radical (unpaired) electrons. The van der Waals surface area contributed by atoms with Gasteiger partial charge in [0.1, 0.15) is 5.65 Å². The van der Waals surface area contributed by atoms with Crippen molar-refractivity contribution in [1.29, 1.82) is 0 Å². The molecule has 2 heterocycles. The van der Waals surface area contributed by atoms with E-state index in [1.54, 1.807) is 10.8 Å². The van der Waals surface area contributed by atoms with Gasteiger partial charge in [0, 0.05) is 12.7 Å². The quantitative estimate of drug-likeness (QED) is 0.609. The number of pyridine rings is 1. The number of aromatic nitrogens is 3. The van der Waals surface area contributed by atoms with Crippen molar-refractivity contribution in [2.24, 2.45) is 0 Å². The van der Waals surface area contributed by atoms with Crippen LogP contribution in [0.2, 0.25) is 0 Å². The summed E-state index contributed by atoms with van der Waals surface area (Å²) in [5.41, 5.74) is 3.51. The summed E-state index contributed by atoms with van der Waals surface area (Å²) in [6.45, 7) is 2.45. The second kappa shape index (κ2) is 7.03. The van der Waals surface area contributed by atoms with Gasteiger partial charge >= 0.3 is 5.69 Å². The van der Waals surface area contributed by atoms with Gasteiger partial charge in [0.15, 0.2) is 0 Å². The number of hydrogen-bond acceptors (Lipinski definition) is 3. The third-order valence-corrected chi connectivity index (χ3v) is 4.78. The monoisotopic (exact) mass is 357 g/mol. The minimum Gasteiger partial charge on any atom is -0.277 e. The lowest BCUT2D eigenvalue weighted by Crippen LogP contribution is -2.31. The van der Waals surface area contributed by atoms with Crippen molar-refractivity contribution < 1.29 is 0 Å². The SMILES string of the molecule is Cc1ccccc1-c1ccnc2c1c(=O)[nH]c(=O)n2CCc1ccccc1. The zero-order chi connectivity index (χ0) is 18.8. The van der Waals surface area contributed by atoms with Crippen molar-refractivity contribution in [2.75, 3.05) is 0 Å². The number of hydrogen-bond donors (Lipinski definition) is 1. The fourth-order valence-corrected chi connectivity index (χ4v) is 3.40. The summed E-state index contributed by atoms with van der Waals surface area (Å²) in [6.07, 6.45) is 2.33. The van der Waals surface area contributed by atoms with Gasteiger partial charge in [0.25, 0.3) is 5.56 Å². The molecular weight excluding hydrogens is 338 g/mol. The zero-order valence-corrected chi connectivity index (χ0v) is 15.0. The third-order valence-electron chi connectivity index (χ3n) is 4.78. The van der Waals surface area contributed by atoms with Gasteiger partial charge in [-0.05, 0) is 41.7 Å². The van der Waals surface area contributed by atoms with Crippen LogP contribution < -0.4 is 11.2 Å². The Labute approximate surface area is 156 Å². The lowest BCUT2D eigenvalue weighted by molar-refractivity contribution is 0.666. The molecule has 0 aliphatic carbocycles. The smallest absolute Gasteiger partial charge is 0.277 e. The molecule has 0 spiro atoms. The Kier molecular flexibility index (Phi) is 4.42. The van der Waals surface area contributed by atoms with Gasteiger partial charge in [-0.2, -0.15) is 0 Å². The first-order valence-corrected chi connectivity index (χ1v) is 8.87. The number of aromatic amines is 1. The highest BCUT2D eigenvalue weighted by molar-refractivity contribution is 5.92. The Balaban J connectivity index is 1.89. The molecule has 0 saturated heterocycles. The van der Waals surface area contributed by atoms with Crippen LogP contribution in [0.25, 0.3) is 22.2 Å². The molecule has 0 saturated carbocycles. The number of nitrogens with one attached hydrogen (secondary N) is 1. The molecular formula is C22H19N3O2. The lowest BCUT2D eigenvalue weighted by atomic mass is 9.99. The van der Waals surface area contributed by atoms with Crippen LogP contribution in [-0.2, 0) is 13.0 Å². The van der Waals surface area contributed by atoms with E-state index in [4.69, 9.17) is 0 Å². The molecule has 0 aliphatic rings. The van der Waals surface area contributed by atoms with Crippen LogP contribution in [0.3, 0.4) is 0 Å². The normalized spacial score (nSPS) is 11.0. The zero-order valence-electron chi connectivity index (χ0n) is 15.0. The molecule has 0 bridgehead atoms. The molecule has 2 aromatic carbocycles. The van der Waals surface area contributed by atoms with E-state index >= 15 is 0 Å². The Bertz CT molecular complexity index is 1220. The van der Waals surface area contributed by atoms with Gasteiger partial charge in [-0.3, -0.25) is 14.3 Å². The van der Waals surface area contributed by atoms with Crippen molar-refractivity contribution in [1.82, 2.24) is 14.5 Å². The van der Waals surface area contributed by atoms with Crippen molar-refractivity contribution >= 4 is 11.0 Å². The van der Waals surface area contributed by atoms with Crippen LogP contribution in [0.5, 0.6) is 0 Å². The predicted molar refractivity (Wildman–Crippen MR) is 107 cm³/mol. The molecule has 1 N–H and O–H groups in total. The number of fused-ring (bicyclic) bond motifs is 1. The molecule has 0 aliphatic heterocycles. The molecule has 0 amide bonds. The van der Waals surface area contributed by atoms with E-state index in [2.05, 4.69) is 9.97 Å². The molecule has 0 atom stereocenters. The summed E-state index contributed by atoms with van der Waals surface area (Å²) >= 11 is 0. The van der Waals surface area contributed by atoms with E-state index in [0.29, 0.717) is 24.0 Å². The molecule has 27 heavy (non-hydrogen) atoms. The molecule has 5 heteroatoms. The maximum atomic E-state index is 12.6. The van der Waals surface area contributed by atoms with E-state index in [0.717, 1.165) is 22.3 Å². The molecule has 4 aromatic rings. The summed E-state index contributed by atoms with van der Waals surface area (Å²) in [5.74, 6) is 0. The molecule has 0 unspecified atom stereocenters. The topological polar surface area (TPSA) is 67.8 Å². The van der Waals surface area contributed by atoms with Crippen molar-refractivity contribution in [3.05, 3.63) is 98.8 Å². The van der Waals surface area contributed by atoms with Crippen LogP contribution in [0.4, 0.5) is 0 Å². The summed E-state index contributed by atoms with van der Waals surface area (Å²) in [4.78, 5) is 31.9. The van der Waals surface area contributed by atoms with Crippen LogP contribution in [0.1, 0.15) is 11.1 Å². The number of aryl methyl sites for hydroxylation is 3. The molecule has 5 nitrogen and oxygen atoms in total. The summed E-state index contributed by atoms with van der Waals surface area (Å²) < 4.78 is 1.55. The van der Waals surface area contributed by atoms with Gasteiger partial charge in [0.2, 0.25) is 0 Å². The fourth-order valence-electron chi connectivity index (χ4n) is 3.40. The highest BCUT2D eigenvalue weighted by atomic mass is 16.2. The minimum atomic E-state index is -0.433. The van der Waals surface area contributed by atoms with Crippen LogP contribution in [-0.4, -0.2) is 14.5 Å². The van der Waals surface area contributed by atoms with Gasteiger partial charge in [0.05, 0.1) is 5.39 Å². The highest BCUT2D eigenvalue weighted by Crippen LogP contribution is 2.27. The highest BCUT2D eigenvalue weighted by Gasteiger charge is 2.14. The van der Waals surface area contributed by atoms with Crippen molar-refractivity contribution in [2.45, 2.75) is 19.9 Å². The number of nitrogens with zero attached hydrogens (tertiary/aromatic N) is 2. The Hall–Kier alpha value is -3.47. The summed E-state index contributed by atoms with van der Waals surface area (Å²) in [7, 11) is 0.